The highest BCUT2D eigenvalue weighted by molar-refractivity contribution is 7.90. The number of nitrogens with one attached hydrogen (secondary N) is 1. The Morgan fingerprint density at radius 1 is 1.24 bits per heavy atom. The summed E-state index contributed by atoms with van der Waals surface area (Å²) >= 11 is 0. The van der Waals surface area contributed by atoms with Gasteiger partial charge in [-0.15, -0.1) is 0 Å². The Hall–Kier alpha value is -1.47. The second kappa shape index (κ2) is 7.41. The lowest BCUT2D eigenvalue weighted by Crippen LogP contribution is -2.51. The SMILES string of the molecule is CS(=O)(=O)c1ccc(C[C@H]2CCCN(C3CCNCC3)C2=O)c(F)c1. The van der Waals surface area contributed by atoms with Gasteiger partial charge in [0.1, 0.15) is 5.82 Å². The van der Waals surface area contributed by atoms with E-state index in [0.717, 1.165) is 57.6 Å². The molecule has 5 nitrogen and oxygen atoms in total. The molecule has 2 aliphatic rings. The van der Waals surface area contributed by atoms with E-state index >= 15 is 0 Å². The van der Waals surface area contributed by atoms with Crippen molar-refractivity contribution in [1.82, 2.24) is 10.2 Å². The Balaban J connectivity index is 1.72. The summed E-state index contributed by atoms with van der Waals surface area (Å²) in [6.45, 7) is 2.65. The first-order valence-corrected chi connectivity index (χ1v) is 10.7. The van der Waals surface area contributed by atoms with Crippen molar-refractivity contribution in [3.05, 3.63) is 29.6 Å². The summed E-state index contributed by atoms with van der Waals surface area (Å²) in [6, 6.07) is 4.27. The number of rotatable bonds is 4. The van der Waals surface area contributed by atoms with Crippen LogP contribution in [0.1, 0.15) is 31.2 Å². The summed E-state index contributed by atoms with van der Waals surface area (Å²) in [5.74, 6) is -0.651. The van der Waals surface area contributed by atoms with Gasteiger partial charge in [0.25, 0.3) is 0 Å². The number of hydrogen-bond donors (Lipinski definition) is 1. The lowest BCUT2D eigenvalue weighted by Gasteiger charge is -2.40. The Labute approximate surface area is 148 Å². The highest BCUT2D eigenvalue weighted by atomic mass is 32.2. The number of carbonyl (C=O) groups is 1. The van der Waals surface area contributed by atoms with Crippen molar-refractivity contribution < 1.29 is 17.6 Å². The normalized spacial score (nSPS) is 23.0. The van der Waals surface area contributed by atoms with Crippen LogP contribution in [0.2, 0.25) is 0 Å². The largest absolute Gasteiger partial charge is 0.339 e. The first-order valence-electron chi connectivity index (χ1n) is 8.86. The van der Waals surface area contributed by atoms with Crippen molar-refractivity contribution in [3.8, 4) is 0 Å². The summed E-state index contributed by atoms with van der Waals surface area (Å²) in [6.07, 6.45) is 5.02. The minimum atomic E-state index is -3.43. The van der Waals surface area contributed by atoms with Gasteiger partial charge in [-0.25, -0.2) is 12.8 Å². The van der Waals surface area contributed by atoms with Crippen LogP contribution in [0.4, 0.5) is 4.39 Å². The second-order valence-corrected chi connectivity index (χ2v) is 9.10. The fraction of sp³-hybridized carbons (Fsp3) is 0.611. The van der Waals surface area contributed by atoms with Gasteiger partial charge in [-0.3, -0.25) is 4.79 Å². The van der Waals surface area contributed by atoms with Gasteiger partial charge < -0.3 is 10.2 Å². The highest BCUT2D eigenvalue weighted by Gasteiger charge is 2.34. The molecule has 0 radical (unpaired) electrons. The average Bonchev–Trinajstić information content (AvgIpc) is 2.58. The number of hydrogen-bond acceptors (Lipinski definition) is 4. The van der Waals surface area contributed by atoms with E-state index in [1.54, 1.807) is 0 Å². The molecule has 2 aliphatic heterocycles. The molecule has 0 unspecified atom stereocenters. The molecule has 2 saturated heterocycles. The van der Waals surface area contributed by atoms with Crippen molar-refractivity contribution in [3.63, 3.8) is 0 Å². The summed E-state index contributed by atoms with van der Waals surface area (Å²) in [5.41, 5.74) is 0.415. The van der Waals surface area contributed by atoms with E-state index < -0.39 is 15.7 Å². The molecule has 1 atom stereocenters. The average molecular weight is 368 g/mol. The third kappa shape index (κ3) is 4.20. The van der Waals surface area contributed by atoms with E-state index in [-0.39, 0.29) is 22.8 Å². The lowest BCUT2D eigenvalue weighted by atomic mass is 9.88. The number of halogens is 1. The van der Waals surface area contributed by atoms with Crippen LogP contribution in [-0.4, -0.2) is 51.2 Å². The van der Waals surface area contributed by atoms with Gasteiger partial charge in [-0.2, -0.15) is 0 Å². The quantitative estimate of drug-likeness (QED) is 0.880. The maximum atomic E-state index is 14.3. The molecule has 1 aromatic carbocycles. The van der Waals surface area contributed by atoms with Crippen molar-refractivity contribution in [2.45, 2.75) is 43.0 Å². The standard InChI is InChI=1S/C18H25FN2O3S/c1-25(23,24)16-5-4-13(17(19)12-16)11-14-3-2-10-21(18(14)22)15-6-8-20-9-7-15/h4-5,12,14-15,20H,2-3,6-11H2,1H3/t14-/m1/s1. The van der Waals surface area contributed by atoms with E-state index in [4.69, 9.17) is 0 Å². The molecule has 0 aromatic heterocycles. The number of likely N-dealkylation sites (tertiary alicyclic amines) is 1. The van der Waals surface area contributed by atoms with Crippen LogP contribution < -0.4 is 5.32 Å². The fourth-order valence-corrected chi connectivity index (χ4v) is 4.47. The fourth-order valence-electron chi connectivity index (χ4n) is 3.84. The number of benzene rings is 1. The number of amides is 1. The van der Waals surface area contributed by atoms with Gasteiger partial charge in [0.2, 0.25) is 5.91 Å². The van der Waals surface area contributed by atoms with Crippen LogP contribution in [-0.2, 0) is 21.1 Å². The van der Waals surface area contributed by atoms with E-state index in [0.29, 0.717) is 12.0 Å². The zero-order chi connectivity index (χ0) is 18.0. The summed E-state index contributed by atoms with van der Waals surface area (Å²) in [4.78, 5) is 14.8. The van der Waals surface area contributed by atoms with Crippen LogP contribution in [0.25, 0.3) is 0 Å². The van der Waals surface area contributed by atoms with Crippen LogP contribution in [0.3, 0.4) is 0 Å². The van der Waals surface area contributed by atoms with E-state index in [1.807, 2.05) is 4.90 Å². The zero-order valence-electron chi connectivity index (χ0n) is 14.5. The summed E-state index contributed by atoms with van der Waals surface area (Å²) < 4.78 is 37.4. The smallest absolute Gasteiger partial charge is 0.226 e. The molecule has 2 heterocycles. The van der Waals surface area contributed by atoms with Gasteiger partial charge in [0.15, 0.2) is 9.84 Å². The van der Waals surface area contributed by atoms with Crippen molar-refractivity contribution in [1.29, 1.82) is 0 Å². The molecule has 25 heavy (non-hydrogen) atoms. The molecule has 1 N–H and O–H groups in total. The maximum Gasteiger partial charge on any atom is 0.226 e. The van der Waals surface area contributed by atoms with E-state index in [9.17, 15) is 17.6 Å². The third-order valence-electron chi connectivity index (χ3n) is 5.25. The molecular formula is C18H25FN2O3S. The van der Waals surface area contributed by atoms with Gasteiger partial charge in [-0.1, -0.05) is 6.07 Å². The molecule has 0 spiro atoms. The monoisotopic (exact) mass is 368 g/mol. The Morgan fingerprint density at radius 2 is 1.96 bits per heavy atom. The summed E-state index contributed by atoms with van der Waals surface area (Å²) in [5, 5.41) is 3.31. The molecule has 0 aliphatic carbocycles. The Kier molecular flexibility index (Phi) is 5.43. The zero-order valence-corrected chi connectivity index (χ0v) is 15.3. The van der Waals surface area contributed by atoms with Crippen molar-refractivity contribution in [2.24, 2.45) is 5.92 Å². The molecule has 0 saturated carbocycles. The predicted octanol–water partition coefficient (Wildman–Crippen LogP) is 1.76. The first-order chi connectivity index (χ1) is 11.9. The Morgan fingerprint density at radius 3 is 2.60 bits per heavy atom. The molecule has 1 amide bonds. The molecule has 7 heteroatoms. The second-order valence-electron chi connectivity index (χ2n) is 7.08. The minimum Gasteiger partial charge on any atom is -0.339 e. The van der Waals surface area contributed by atoms with Crippen LogP contribution in [0, 0.1) is 11.7 Å². The highest BCUT2D eigenvalue weighted by Crippen LogP contribution is 2.27. The Bertz CT molecular complexity index is 745. The number of carbonyl (C=O) groups excluding carboxylic acids is 1. The molecule has 138 valence electrons. The number of piperidine rings is 2. The van der Waals surface area contributed by atoms with Gasteiger partial charge >= 0.3 is 0 Å². The van der Waals surface area contributed by atoms with Crippen LogP contribution in [0.15, 0.2) is 23.1 Å². The molecule has 3 rings (SSSR count). The molecule has 1 aromatic rings. The first kappa shape index (κ1) is 18.3. The molecular weight excluding hydrogens is 343 g/mol. The van der Waals surface area contributed by atoms with Gasteiger partial charge in [0.05, 0.1) is 4.90 Å². The molecule has 2 fully saturated rings. The summed E-state index contributed by atoms with van der Waals surface area (Å²) in [7, 11) is -3.43. The van der Waals surface area contributed by atoms with Crippen LogP contribution >= 0.6 is 0 Å². The minimum absolute atomic E-state index is 0.0277. The maximum absolute atomic E-state index is 14.3. The third-order valence-corrected chi connectivity index (χ3v) is 6.36. The van der Waals surface area contributed by atoms with E-state index in [1.165, 1.54) is 12.1 Å². The van der Waals surface area contributed by atoms with Gasteiger partial charge in [0, 0.05) is 24.8 Å². The number of sulfone groups is 1. The molecule has 0 bridgehead atoms. The lowest BCUT2D eigenvalue weighted by molar-refractivity contribution is -0.141. The van der Waals surface area contributed by atoms with Crippen molar-refractivity contribution in [2.75, 3.05) is 25.9 Å². The van der Waals surface area contributed by atoms with Crippen LogP contribution in [0.5, 0.6) is 0 Å². The van der Waals surface area contributed by atoms with Crippen molar-refractivity contribution >= 4 is 15.7 Å². The predicted molar refractivity (Wildman–Crippen MR) is 93.5 cm³/mol. The van der Waals surface area contributed by atoms with Gasteiger partial charge in [-0.05, 0) is 62.9 Å². The topological polar surface area (TPSA) is 66.5 Å². The van der Waals surface area contributed by atoms with E-state index in [2.05, 4.69) is 5.32 Å². The number of nitrogens with zero attached hydrogens (tertiary/aromatic N) is 1.